The van der Waals surface area contributed by atoms with E-state index >= 15 is 0 Å². The second-order valence-corrected chi connectivity index (χ2v) is 7.34. The Morgan fingerprint density at radius 1 is 0.515 bits per heavy atom. The fourth-order valence-corrected chi connectivity index (χ4v) is 3.09. The summed E-state index contributed by atoms with van der Waals surface area (Å²) in [4.78, 5) is 0. The van der Waals surface area contributed by atoms with Crippen molar-refractivity contribution in [2.24, 2.45) is 0 Å². The van der Waals surface area contributed by atoms with E-state index in [0.717, 1.165) is 19.3 Å². The summed E-state index contributed by atoms with van der Waals surface area (Å²) in [5.41, 5.74) is 11.5. The Morgan fingerprint density at radius 3 is 1.00 bits per heavy atom. The summed E-state index contributed by atoms with van der Waals surface area (Å²) in [5.74, 6) is 11.3. The van der Waals surface area contributed by atoms with E-state index in [1.807, 2.05) is 55.4 Å². The molecule has 0 aliphatic heterocycles. The lowest BCUT2D eigenvalue weighted by molar-refractivity contribution is 1.06. The Morgan fingerprint density at radius 2 is 0.788 bits per heavy atom. The first-order valence-corrected chi connectivity index (χ1v) is 12.6. The van der Waals surface area contributed by atoms with E-state index in [-0.39, 0.29) is 0 Å². The molecule has 0 bridgehead atoms. The number of hydrogen-bond donors (Lipinski definition) is 0. The molecule has 0 unspecified atom stereocenters. The van der Waals surface area contributed by atoms with Crippen LogP contribution in [-0.4, -0.2) is 0 Å². The van der Waals surface area contributed by atoms with Gasteiger partial charge in [0.25, 0.3) is 0 Å². The van der Waals surface area contributed by atoms with Crippen LogP contribution < -0.4 is 0 Å². The van der Waals surface area contributed by atoms with E-state index in [1.165, 1.54) is 44.5 Å². The first kappa shape index (κ1) is 35.2. The van der Waals surface area contributed by atoms with Crippen LogP contribution in [0, 0.1) is 65.2 Å². The Balaban J connectivity index is -0.000000534. The molecule has 0 spiro atoms. The first-order valence-electron chi connectivity index (χ1n) is 12.6. The number of rotatable bonds is 2. The van der Waals surface area contributed by atoms with E-state index in [1.54, 1.807) is 0 Å². The molecule has 0 heteroatoms. The van der Waals surface area contributed by atoms with Gasteiger partial charge in [0.05, 0.1) is 0 Å². The highest BCUT2D eigenvalue weighted by Crippen LogP contribution is 2.25. The highest BCUT2D eigenvalue weighted by atomic mass is 14.2. The van der Waals surface area contributed by atoms with Crippen molar-refractivity contribution in [1.82, 2.24) is 0 Å². The third-order valence-electron chi connectivity index (χ3n) is 5.27. The van der Waals surface area contributed by atoms with Gasteiger partial charge in [-0.2, -0.15) is 0 Å². The molecule has 0 fully saturated rings. The molecule has 0 heterocycles. The molecular weight excluding hydrogens is 396 g/mol. The van der Waals surface area contributed by atoms with Crippen molar-refractivity contribution in [2.75, 3.05) is 0 Å². The van der Waals surface area contributed by atoms with Crippen LogP contribution in [-0.2, 0) is 6.42 Å². The third-order valence-corrected chi connectivity index (χ3v) is 5.27. The van der Waals surface area contributed by atoms with E-state index < -0.39 is 0 Å². The molecular formula is C33H52. The molecule has 0 N–H and O–H groups in total. The summed E-state index contributed by atoms with van der Waals surface area (Å²) in [7, 11) is 0. The molecule has 0 aliphatic rings. The molecule has 0 saturated carbocycles. The van der Waals surface area contributed by atoms with Gasteiger partial charge < -0.3 is 0 Å². The van der Waals surface area contributed by atoms with E-state index in [4.69, 9.17) is 0 Å². The fraction of sp³-hybridized carbons (Fsp3) is 0.515. The summed E-state index contributed by atoms with van der Waals surface area (Å²) in [6.45, 7) is 29.1. The maximum atomic E-state index is 2.86. The Kier molecular flexibility index (Phi) is 24.2. The van der Waals surface area contributed by atoms with Gasteiger partial charge in [0.15, 0.2) is 0 Å². The summed E-state index contributed by atoms with van der Waals surface area (Å²) < 4.78 is 0. The molecule has 2 aromatic rings. The second-order valence-electron chi connectivity index (χ2n) is 7.34. The highest BCUT2D eigenvalue weighted by Gasteiger charge is 2.10. The predicted molar refractivity (Wildman–Crippen MR) is 154 cm³/mol. The van der Waals surface area contributed by atoms with Crippen molar-refractivity contribution >= 4 is 0 Å². The number of hydrogen-bond acceptors (Lipinski definition) is 0. The first-order chi connectivity index (χ1) is 15.7. The molecule has 0 atom stereocenters. The zero-order valence-electron chi connectivity index (χ0n) is 24.4. The summed E-state index contributed by atoms with van der Waals surface area (Å²) >= 11 is 0. The standard InChI is InChI=1S/C19H24.2C5H8.2C2H6/c1-12-7-9-14(3)18(16(12)5)11-19-15(4)10-8-13(2)17(19)6;2*1-3-5-4-2;2*1-2/h7-10H,11H2,1-6H3;2*3H2,1-2H3;2*1-2H3. The molecule has 2 aromatic carbocycles. The smallest absolute Gasteiger partial charge is 0.00601 e. The molecule has 33 heavy (non-hydrogen) atoms. The summed E-state index contributed by atoms with van der Waals surface area (Å²) in [6, 6.07) is 8.95. The SMILES string of the molecule is CC.CC.CC#CCC.CC#CCC.Cc1ccc(C)c(Cc2c(C)ccc(C)c2C)c1C. The topological polar surface area (TPSA) is 0 Å². The maximum Gasteiger partial charge on any atom is 0.00601 e. The lowest BCUT2D eigenvalue weighted by Crippen LogP contribution is -2.02. The van der Waals surface area contributed by atoms with Crippen LogP contribution >= 0.6 is 0 Å². The van der Waals surface area contributed by atoms with Gasteiger partial charge in [-0.1, -0.05) is 65.8 Å². The summed E-state index contributed by atoms with van der Waals surface area (Å²) in [5, 5.41) is 0. The van der Waals surface area contributed by atoms with E-state index in [0.29, 0.717) is 0 Å². The van der Waals surface area contributed by atoms with Crippen LogP contribution in [0.3, 0.4) is 0 Å². The monoisotopic (exact) mass is 448 g/mol. The van der Waals surface area contributed by atoms with Gasteiger partial charge in [-0.3, -0.25) is 0 Å². The molecule has 0 aliphatic carbocycles. The molecule has 0 nitrogen and oxygen atoms in total. The molecule has 0 amide bonds. The van der Waals surface area contributed by atoms with Gasteiger partial charge in [0.1, 0.15) is 0 Å². The van der Waals surface area contributed by atoms with Crippen LogP contribution in [0.5, 0.6) is 0 Å². The number of aryl methyl sites for hydroxylation is 4. The van der Waals surface area contributed by atoms with Crippen LogP contribution in [0.2, 0.25) is 0 Å². The van der Waals surface area contributed by atoms with Crippen molar-refractivity contribution in [3.8, 4) is 23.7 Å². The van der Waals surface area contributed by atoms with Crippen LogP contribution in [0.4, 0.5) is 0 Å². The normalized spacial score (nSPS) is 8.18. The van der Waals surface area contributed by atoms with Crippen LogP contribution in [0.25, 0.3) is 0 Å². The largest absolute Gasteiger partial charge is 0.107 e. The zero-order valence-corrected chi connectivity index (χ0v) is 24.4. The highest BCUT2D eigenvalue weighted by molar-refractivity contribution is 5.47. The minimum absolute atomic E-state index is 0.983. The third kappa shape index (κ3) is 14.3. The Hall–Kier alpha value is -2.44. The van der Waals surface area contributed by atoms with Crippen molar-refractivity contribution in [1.29, 1.82) is 0 Å². The van der Waals surface area contributed by atoms with E-state index in [9.17, 15) is 0 Å². The number of benzene rings is 2. The van der Waals surface area contributed by atoms with Crippen LogP contribution in [0.15, 0.2) is 24.3 Å². The minimum Gasteiger partial charge on any atom is -0.107 e. The van der Waals surface area contributed by atoms with Crippen LogP contribution in [0.1, 0.15) is 113 Å². The quantitative estimate of drug-likeness (QED) is 0.401. The Bertz CT molecular complexity index is 814. The minimum atomic E-state index is 0.983. The lowest BCUT2D eigenvalue weighted by atomic mass is 9.88. The Labute approximate surface area is 208 Å². The predicted octanol–water partition coefficient (Wildman–Crippen LogP) is 10.0. The van der Waals surface area contributed by atoms with Crippen molar-refractivity contribution in [3.63, 3.8) is 0 Å². The maximum absolute atomic E-state index is 2.86. The molecule has 0 saturated heterocycles. The average Bonchev–Trinajstić information content (AvgIpc) is 2.83. The van der Waals surface area contributed by atoms with Gasteiger partial charge >= 0.3 is 0 Å². The fourth-order valence-electron chi connectivity index (χ4n) is 3.09. The molecule has 0 radical (unpaired) electrons. The van der Waals surface area contributed by atoms with Gasteiger partial charge in [-0.25, -0.2) is 0 Å². The van der Waals surface area contributed by atoms with Gasteiger partial charge in [-0.15, -0.1) is 23.7 Å². The average molecular weight is 449 g/mol. The zero-order chi connectivity index (χ0) is 26.4. The molecule has 184 valence electrons. The molecule has 2 rings (SSSR count). The lowest BCUT2D eigenvalue weighted by Gasteiger charge is -2.17. The van der Waals surface area contributed by atoms with Gasteiger partial charge in [-0.05, 0) is 106 Å². The molecule has 0 aromatic heterocycles. The van der Waals surface area contributed by atoms with Gasteiger partial charge in [0, 0.05) is 12.8 Å². The van der Waals surface area contributed by atoms with Crippen molar-refractivity contribution < 1.29 is 0 Å². The summed E-state index contributed by atoms with van der Waals surface area (Å²) in [6.07, 6.45) is 3.02. The van der Waals surface area contributed by atoms with E-state index in [2.05, 4.69) is 89.5 Å². The second kappa shape index (κ2) is 22.7. The van der Waals surface area contributed by atoms with Gasteiger partial charge in [0.2, 0.25) is 0 Å². The van der Waals surface area contributed by atoms with Crippen molar-refractivity contribution in [2.45, 2.75) is 116 Å². The van der Waals surface area contributed by atoms with Crippen molar-refractivity contribution in [3.05, 3.63) is 68.8 Å².